The number of carbonyl (C=O) groups excluding carboxylic acids is 1. The maximum atomic E-state index is 12.8. The number of methoxy groups -OCH3 is 1. The number of hydrogen-bond acceptors (Lipinski definition) is 3. The summed E-state index contributed by atoms with van der Waals surface area (Å²) in [6.07, 6.45) is -4.39. The van der Waals surface area contributed by atoms with Gasteiger partial charge in [-0.1, -0.05) is 12.1 Å². The van der Waals surface area contributed by atoms with Crippen LogP contribution >= 0.6 is 0 Å². The highest BCUT2D eigenvalue weighted by Crippen LogP contribution is 2.30. The zero-order valence-electron chi connectivity index (χ0n) is 15.1. The number of hydrogen-bond donors (Lipinski definition) is 3. The fraction of sp³-hybridized carbons (Fsp3) is 0.529. The molecule has 6 nitrogen and oxygen atoms in total. The lowest BCUT2D eigenvalue weighted by molar-refractivity contribution is -0.137. The van der Waals surface area contributed by atoms with E-state index in [1.54, 1.807) is 13.0 Å². The van der Waals surface area contributed by atoms with E-state index in [9.17, 15) is 18.0 Å². The summed E-state index contributed by atoms with van der Waals surface area (Å²) < 4.78 is 43.4. The first-order valence-corrected chi connectivity index (χ1v) is 8.25. The van der Waals surface area contributed by atoms with E-state index in [1.807, 2.05) is 6.92 Å². The number of halogens is 3. The summed E-state index contributed by atoms with van der Waals surface area (Å²) >= 11 is 0. The van der Waals surface area contributed by atoms with Crippen molar-refractivity contribution < 1.29 is 22.7 Å². The highest BCUT2D eigenvalue weighted by atomic mass is 19.4. The Kier molecular flexibility index (Phi) is 8.91. The van der Waals surface area contributed by atoms with Crippen LogP contribution in [0.1, 0.15) is 31.0 Å². The molecule has 0 saturated carbocycles. The first kappa shape index (κ1) is 21.8. The minimum Gasteiger partial charge on any atom is -0.383 e. The van der Waals surface area contributed by atoms with Gasteiger partial charge in [-0.05, 0) is 31.5 Å². The predicted molar refractivity (Wildman–Crippen MR) is 93.9 cm³/mol. The standard InChI is InChI=1S/C17H25F3N4O2/c1-4-21-16(23-11-15(25)22-8-9-26-3)24-12(2)13-6-5-7-14(10-13)17(18,19)20/h5-7,10,12H,4,8-9,11H2,1-3H3,(H,22,25)(H2,21,23,24). The third-order valence-corrected chi connectivity index (χ3v) is 3.42. The van der Waals surface area contributed by atoms with E-state index >= 15 is 0 Å². The van der Waals surface area contributed by atoms with Gasteiger partial charge in [-0.25, -0.2) is 4.99 Å². The summed E-state index contributed by atoms with van der Waals surface area (Å²) in [6, 6.07) is 4.67. The van der Waals surface area contributed by atoms with Gasteiger partial charge in [0.05, 0.1) is 18.2 Å². The lowest BCUT2D eigenvalue weighted by Crippen LogP contribution is -2.40. The number of guanidine groups is 1. The maximum Gasteiger partial charge on any atom is 0.416 e. The summed E-state index contributed by atoms with van der Waals surface area (Å²) in [7, 11) is 1.53. The lowest BCUT2D eigenvalue weighted by Gasteiger charge is -2.19. The molecule has 0 radical (unpaired) electrons. The van der Waals surface area contributed by atoms with E-state index in [4.69, 9.17) is 4.74 Å². The van der Waals surface area contributed by atoms with E-state index in [0.29, 0.717) is 31.2 Å². The Labute approximate surface area is 151 Å². The van der Waals surface area contributed by atoms with Crippen molar-refractivity contribution in [3.05, 3.63) is 35.4 Å². The zero-order chi connectivity index (χ0) is 19.6. The van der Waals surface area contributed by atoms with Gasteiger partial charge in [-0.3, -0.25) is 4.79 Å². The van der Waals surface area contributed by atoms with Gasteiger partial charge in [-0.2, -0.15) is 13.2 Å². The fourth-order valence-corrected chi connectivity index (χ4v) is 2.09. The van der Waals surface area contributed by atoms with Gasteiger partial charge in [0.15, 0.2) is 5.96 Å². The van der Waals surface area contributed by atoms with Gasteiger partial charge >= 0.3 is 6.18 Å². The van der Waals surface area contributed by atoms with Crippen molar-refractivity contribution in [1.29, 1.82) is 0 Å². The average Bonchev–Trinajstić information content (AvgIpc) is 2.59. The smallest absolute Gasteiger partial charge is 0.383 e. The van der Waals surface area contributed by atoms with Crippen molar-refractivity contribution in [3.63, 3.8) is 0 Å². The van der Waals surface area contributed by atoms with Crippen molar-refractivity contribution in [3.8, 4) is 0 Å². The number of carbonyl (C=O) groups is 1. The number of benzene rings is 1. The second kappa shape index (κ2) is 10.6. The number of ether oxygens (including phenoxy) is 1. The predicted octanol–water partition coefficient (Wildman–Crippen LogP) is 2.08. The number of rotatable bonds is 8. The highest BCUT2D eigenvalue weighted by Gasteiger charge is 2.30. The molecule has 0 aliphatic heterocycles. The summed E-state index contributed by atoms with van der Waals surface area (Å²) in [5.74, 6) is 0.0743. The van der Waals surface area contributed by atoms with Crippen LogP contribution in [0.2, 0.25) is 0 Å². The monoisotopic (exact) mass is 374 g/mol. The third kappa shape index (κ3) is 7.73. The third-order valence-electron chi connectivity index (χ3n) is 3.42. The molecule has 0 fully saturated rings. The van der Waals surface area contributed by atoms with Crippen LogP contribution in [0.4, 0.5) is 13.2 Å². The van der Waals surface area contributed by atoms with Crippen molar-refractivity contribution in [2.24, 2.45) is 4.99 Å². The van der Waals surface area contributed by atoms with Crippen molar-refractivity contribution in [2.75, 3.05) is 33.4 Å². The normalized spacial score (nSPS) is 13.2. The Bertz CT molecular complexity index is 606. The Hall–Kier alpha value is -2.29. The van der Waals surface area contributed by atoms with E-state index < -0.39 is 17.8 Å². The van der Waals surface area contributed by atoms with Crippen LogP contribution < -0.4 is 16.0 Å². The largest absolute Gasteiger partial charge is 0.416 e. The zero-order valence-corrected chi connectivity index (χ0v) is 15.1. The molecule has 0 heterocycles. The van der Waals surface area contributed by atoms with Crippen molar-refractivity contribution >= 4 is 11.9 Å². The summed E-state index contributed by atoms with van der Waals surface area (Å²) in [5.41, 5.74) is -0.238. The van der Waals surface area contributed by atoms with Gasteiger partial charge in [0.2, 0.25) is 5.91 Å². The number of amides is 1. The molecular weight excluding hydrogens is 349 g/mol. The van der Waals surface area contributed by atoms with Crippen LogP contribution in [0.15, 0.2) is 29.3 Å². The maximum absolute atomic E-state index is 12.8. The molecule has 0 saturated heterocycles. The Morgan fingerprint density at radius 2 is 2.04 bits per heavy atom. The summed E-state index contributed by atoms with van der Waals surface area (Å²) in [6.45, 7) is 4.81. The van der Waals surface area contributed by atoms with E-state index in [0.717, 1.165) is 12.1 Å². The molecule has 1 atom stereocenters. The summed E-state index contributed by atoms with van der Waals surface area (Å²) in [5, 5.41) is 8.60. The molecule has 1 aromatic carbocycles. The summed E-state index contributed by atoms with van der Waals surface area (Å²) in [4.78, 5) is 15.8. The minimum atomic E-state index is -4.39. The number of aliphatic imine (C=N–C) groups is 1. The number of alkyl halides is 3. The number of nitrogens with zero attached hydrogens (tertiary/aromatic N) is 1. The SMILES string of the molecule is CCNC(=NCC(=O)NCCOC)NC(C)c1cccc(C(F)(F)F)c1. The highest BCUT2D eigenvalue weighted by molar-refractivity contribution is 5.85. The van der Waals surface area contributed by atoms with Gasteiger partial charge in [0, 0.05) is 20.2 Å². The van der Waals surface area contributed by atoms with E-state index in [2.05, 4.69) is 20.9 Å². The van der Waals surface area contributed by atoms with Crippen molar-refractivity contribution in [1.82, 2.24) is 16.0 Å². The van der Waals surface area contributed by atoms with Gasteiger partial charge in [-0.15, -0.1) is 0 Å². The molecule has 3 N–H and O–H groups in total. The lowest BCUT2D eigenvalue weighted by atomic mass is 10.1. The molecule has 146 valence electrons. The molecule has 0 bridgehead atoms. The molecule has 0 spiro atoms. The van der Waals surface area contributed by atoms with E-state index in [1.165, 1.54) is 13.2 Å². The molecule has 0 aromatic heterocycles. The second-order valence-electron chi connectivity index (χ2n) is 5.53. The number of nitrogens with one attached hydrogen (secondary N) is 3. The molecular formula is C17H25F3N4O2. The van der Waals surface area contributed by atoms with Gasteiger partial charge in [0.25, 0.3) is 0 Å². The molecule has 1 unspecified atom stereocenters. The molecule has 26 heavy (non-hydrogen) atoms. The first-order valence-electron chi connectivity index (χ1n) is 8.25. The minimum absolute atomic E-state index is 0.103. The van der Waals surface area contributed by atoms with Gasteiger partial charge in [0.1, 0.15) is 6.54 Å². The van der Waals surface area contributed by atoms with Crippen LogP contribution in [0.25, 0.3) is 0 Å². The van der Waals surface area contributed by atoms with Crippen LogP contribution in [0.3, 0.4) is 0 Å². The molecule has 1 amide bonds. The topological polar surface area (TPSA) is 74.8 Å². The van der Waals surface area contributed by atoms with Crippen LogP contribution in [0.5, 0.6) is 0 Å². The first-order chi connectivity index (χ1) is 12.3. The molecule has 1 aromatic rings. The Balaban J connectivity index is 2.74. The molecule has 9 heteroatoms. The van der Waals surface area contributed by atoms with Crippen LogP contribution in [-0.2, 0) is 15.7 Å². The van der Waals surface area contributed by atoms with Crippen LogP contribution in [0, 0.1) is 0 Å². The Morgan fingerprint density at radius 3 is 2.65 bits per heavy atom. The molecule has 0 aliphatic rings. The Morgan fingerprint density at radius 1 is 1.31 bits per heavy atom. The van der Waals surface area contributed by atoms with E-state index in [-0.39, 0.29) is 12.5 Å². The van der Waals surface area contributed by atoms with Gasteiger partial charge < -0.3 is 20.7 Å². The molecule has 0 aliphatic carbocycles. The second-order valence-corrected chi connectivity index (χ2v) is 5.53. The average molecular weight is 374 g/mol. The van der Waals surface area contributed by atoms with Crippen LogP contribution in [-0.4, -0.2) is 45.2 Å². The van der Waals surface area contributed by atoms with Crippen molar-refractivity contribution in [2.45, 2.75) is 26.1 Å². The quantitative estimate of drug-likeness (QED) is 0.370. The fourth-order valence-electron chi connectivity index (χ4n) is 2.09. The molecule has 1 rings (SSSR count).